The summed E-state index contributed by atoms with van der Waals surface area (Å²) >= 11 is 5.86. The van der Waals surface area contributed by atoms with Crippen LogP contribution in [-0.4, -0.2) is 29.1 Å². The molecule has 0 amide bonds. The molecule has 0 saturated carbocycles. The molecule has 1 atom stereocenters. The molecule has 2 aromatic heterocycles. The number of aryl methyl sites for hydroxylation is 1. The van der Waals surface area contributed by atoms with E-state index in [1.165, 1.54) is 18.4 Å². The van der Waals surface area contributed by atoms with Gasteiger partial charge in [-0.05, 0) is 49.6 Å². The van der Waals surface area contributed by atoms with Gasteiger partial charge in [0.15, 0.2) is 0 Å². The number of halogens is 1. The summed E-state index contributed by atoms with van der Waals surface area (Å²) < 4.78 is 0. The van der Waals surface area contributed by atoms with E-state index in [1.807, 2.05) is 31.5 Å². The minimum Gasteiger partial charge on any atom is -0.369 e. The Kier molecular flexibility index (Phi) is 4.90. The maximum atomic E-state index is 5.86. The van der Waals surface area contributed by atoms with Crippen LogP contribution in [0.1, 0.15) is 24.1 Å². The molecule has 0 spiro atoms. The monoisotopic (exact) mass is 316 g/mol. The summed E-state index contributed by atoms with van der Waals surface area (Å²) in [7, 11) is 0. The zero-order valence-corrected chi connectivity index (χ0v) is 13.6. The first-order valence-electron chi connectivity index (χ1n) is 7.72. The molecule has 1 unspecified atom stereocenters. The Morgan fingerprint density at radius 1 is 1.32 bits per heavy atom. The summed E-state index contributed by atoms with van der Waals surface area (Å²) in [5.41, 5.74) is 3.50. The van der Waals surface area contributed by atoms with Gasteiger partial charge >= 0.3 is 0 Å². The minimum absolute atomic E-state index is 0.498. The van der Waals surface area contributed by atoms with Crippen LogP contribution in [0, 0.1) is 6.92 Å². The first kappa shape index (κ1) is 15.3. The average Bonchev–Trinajstić information content (AvgIpc) is 2.54. The van der Waals surface area contributed by atoms with E-state index in [0.717, 1.165) is 31.0 Å². The molecule has 3 heterocycles. The van der Waals surface area contributed by atoms with Crippen LogP contribution in [0.2, 0.25) is 5.15 Å². The summed E-state index contributed by atoms with van der Waals surface area (Å²) in [6.45, 7) is 5.00. The molecule has 22 heavy (non-hydrogen) atoms. The lowest BCUT2D eigenvalue weighted by atomic mass is 10.0. The smallest absolute Gasteiger partial charge is 0.129 e. The molecule has 4 nitrogen and oxygen atoms in total. The SMILES string of the molecule is Cc1cc(CNC2CCCN(c3ccc(Cl)nc3)C2)ccn1. The van der Waals surface area contributed by atoms with Crippen molar-refractivity contribution in [2.75, 3.05) is 18.0 Å². The highest BCUT2D eigenvalue weighted by Crippen LogP contribution is 2.20. The number of hydrogen-bond donors (Lipinski definition) is 1. The van der Waals surface area contributed by atoms with Crippen LogP contribution in [0.5, 0.6) is 0 Å². The fraction of sp³-hybridized carbons (Fsp3) is 0.412. The second-order valence-corrected chi connectivity index (χ2v) is 6.20. The Morgan fingerprint density at radius 3 is 3.00 bits per heavy atom. The maximum Gasteiger partial charge on any atom is 0.129 e. The van der Waals surface area contributed by atoms with Crippen LogP contribution in [0.4, 0.5) is 5.69 Å². The average molecular weight is 317 g/mol. The van der Waals surface area contributed by atoms with Crippen LogP contribution < -0.4 is 10.2 Å². The third-order valence-corrected chi connectivity index (χ3v) is 4.28. The second kappa shape index (κ2) is 7.07. The number of aromatic nitrogens is 2. The van der Waals surface area contributed by atoms with Gasteiger partial charge in [0.25, 0.3) is 0 Å². The molecule has 0 bridgehead atoms. The lowest BCUT2D eigenvalue weighted by molar-refractivity contribution is 0.421. The third kappa shape index (κ3) is 3.96. The molecule has 1 aliphatic heterocycles. The van der Waals surface area contributed by atoms with Crippen molar-refractivity contribution < 1.29 is 0 Å². The Hall–Kier alpha value is -1.65. The first-order valence-corrected chi connectivity index (χ1v) is 8.10. The van der Waals surface area contributed by atoms with Crippen molar-refractivity contribution in [2.24, 2.45) is 0 Å². The predicted molar refractivity (Wildman–Crippen MR) is 90.3 cm³/mol. The Morgan fingerprint density at radius 2 is 2.23 bits per heavy atom. The topological polar surface area (TPSA) is 41.0 Å². The van der Waals surface area contributed by atoms with Crippen molar-refractivity contribution in [1.82, 2.24) is 15.3 Å². The summed E-state index contributed by atoms with van der Waals surface area (Å²) in [5, 5.41) is 4.21. The van der Waals surface area contributed by atoms with Crippen molar-refractivity contribution >= 4 is 17.3 Å². The van der Waals surface area contributed by atoms with Gasteiger partial charge in [0, 0.05) is 37.6 Å². The molecule has 1 saturated heterocycles. The van der Waals surface area contributed by atoms with E-state index >= 15 is 0 Å². The molecular weight excluding hydrogens is 296 g/mol. The van der Waals surface area contributed by atoms with Gasteiger partial charge in [0.1, 0.15) is 5.15 Å². The second-order valence-electron chi connectivity index (χ2n) is 5.81. The number of pyridine rings is 2. The van der Waals surface area contributed by atoms with Gasteiger partial charge in [-0.3, -0.25) is 4.98 Å². The van der Waals surface area contributed by atoms with Crippen LogP contribution in [0.3, 0.4) is 0 Å². The molecule has 5 heteroatoms. The predicted octanol–water partition coefficient (Wildman–Crippen LogP) is 3.20. The lowest BCUT2D eigenvalue weighted by Crippen LogP contribution is -2.45. The molecule has 1 aliphatic rings. The summed E-state index contributed by atoms with van der Waals surface area (Å²) in [6.07, 6.45) is 6.13. The summed E-state index contributed by atoms with van der Waals surface area (Å²) in [5.74, 6) is 0. The van der Waals surface area contributed by atoms with Crippen molar-refractivity contribution in [1.29, 1.82) is 0 Å². The van der Waals surface area contributed by atoms with Crippen molar-refractivity contribution in [3.63, 3.8) is 0 Å². The molecular formula is C17H21ClN4. The number of piperidine rings is 1. The number of nitrogens with one attached hydrogen (secondary N) is 1. The largest absolute Gasteiger partial charge is 0.369 e. The van der Waals surface area contributed by atoms with Crippen molar-refractivity contribution in [3.05, 3.63) is 53.1 Å². The molecule has 3 rings (SSSR count). The maximum absolute atomic E-state index is 5.86. The highest BCUT2D eigenvalue weighted by atomic mass is 35.5. The molecule has 0 radical (unpaired) electrons. The first-order chi connectivity index (χ1) is 10.7. The zero-order chi connectivity index (χ0) is 15.4. The van der Waals surface area contributed by atoms with E-state index in [2.05, 4.69) is 32.3 Å². The minimum atomic E-state index is 0.498. The van der Waals surface area contributed by atoms with Gasteiger partial charge in [-0.25, -0.2) is 4.98 Å². The molecule has 1 fully saturated rings. The lowest BCUT2D eigenvalue weighted by Gasteiger charge is -2.34. The third-order valence-electron chi connectivity index (χ3n) is 4.05. The van der Waals surface area contributed by atoms with Crippen LogP contribution in [0.25, 0.3) is 0 Å². The Balaban J connectivity index is 1.57. The van der Waals surface area contributed by atoms with Gasteiger partial charge < -0.3 is 10.2 Å². The molecule has 1 N–H and O–H groups in total. The number of rotatable bonds is 4. The highest BCUT2D eigenvalue weighted by molar-refractivity contribution is 6.29. The van der Waals surface area contributed by atoms with Gasteiger partial charge in [0.2, 0.25) is 0 Å². The number of anilines is 1. The van der Waals surface area contributed by atoms with Crippen LogP contribution in [0.15, 0.2) is 36.7 Å². The van der Waals surface area contributed by atoms with Gasteiger partial charge in [-0.1, -0.05) is 11.6 Å². The molecule has 2 aromatic rings. The summed E-state index contributed by atoms with van der Waals surface area (Å²) in [4.78, 5) is 10.8. The molecule has 0 aromatic carbocycles. The van der Waals surface area contributed by atoms with E-state index in [4.69, 9.17) is 11.6 Å². The van der Waals surface area contributed by atoms with Crippen LogP contribution in [-0.2, 0) is 6.54 Å². The van der Waals surface area contributed by atoms with E-state index in [-0.39, 0.29) is 0 Å². The highest BCUT2D eigenvalue weighted by Gasteiger charge is 2.19. The standard InChI is InChI=1S/C17H21ClN4/c1-13-9-14(6-7-19-13)10-20-15-3-2-8-22(12-15)16-4-5-17(18)21-11-16/h4-7,9,11,15,20H,2-3,8,10,12H2,1H3. The quantitative estimate of drug-likeness (QED) is 0.880. The Bertz CT molecular complexity index is 614. The molecule has 116 valence electrons. The van der Waals surface area contributed by atoms with E-state index < -0.39 is 0 Å². The fourth-order valence-electron chi connectivity index (χ4n) is 2.91. The van der Waals surface area contributed by atoms with Crippen molar-refractivity contribution in [2.45, 2.75) is 32.4 Å². The van der Waals surface area contributed by atoms with E-state index in [9.17, 15) is 0 Å². The van der Waals surface area contributed by atoms with Crippen molar-refractivity contribution in [3.8, 4) is 0 Å². The fourth-order valence-corrected chi connectivity index (χ4v) is 3.02. The van der Waals surface area contributed by atoms with E-state index in [0.29, 0.717) is 11.2 Å². The van der Waals surface area contributed by atoms with Gasteiger partial charge in [-0.2, -0.15) is 0 Å². The Labute approximate surface area is 136 Å². The zero-order valence-electron chi connectivity index (χ0n) is 12.8. The number of hydrogen-bond acceptors (Lipinski definition) is 4. The number of nitrogens with zero attached hydrogens (tertiary/aromatic N) is 3. The summed E-state index contributed by atoms with van der Waals surface area (Å²) in [6, 6.07) is 8.61. The molecule has 0 aliphatic carbocycles. The van der Waals surface area contributed by atoms with E-state index in [1.54, 1.807) is 0 Å². The normalized spacial score (nSPS) is 18.5. The van der Waals surface area contributed by atoms with Gasteiger partial charge in [0.05, 0.1) is 11.9 Å². The van der Waals surface area contributed by atoms with Crippen LogP contribution >= 0.6 is 11.6 Å². The van der Waals surface area contributed by atoms with Gasteiger partial charge in [-0.15, -0.1) is 0 Å².